The molecule has 0 saturated heterocycles. The summed E-state index contributed by atoms with van der Waals surface area (Å²) < 4.78 is 1.98. The summed E-state index contributed by atoms with van der Waals surface area (Å²) >= 11 is 0. The van der Waals surface area contributed by atoms with Gasteiger partial charge >= 0.3 is 0 Å². The van der Waals surface area contributed by atoms with Crippen molar-refractivity contribution in [1.82, 2.24) is 4.98 Å². The van der Waals surface area contributed by atoms with Gasteiger partial charge in [-0.05, 0) is 0 Å². The minimum atomic E-state index is 0. The first-order valence-corrected chi connectivity index (χ1v) is 2.29. The molecule has 46 valence electrons. The van der Waals surface area contributed by atoms with Crippen LogP contribution in [0.1, 0.15) is 5.69 Å². The van der Waals surface area contributed by atoms with Gasteiger partial charge < -0.3 is 12.4 Å². The molecule has 0 aliphatic rings. The number of nitrogens with one attached hydrogen (secondary N) is 1. The maximum absolute atomic E-state index is 3.03. The Labute approximate surface area is 55.0 Å². The number of H-pyrrole nitrogens is 1. The number of halogens is 1. The quantitative estimate of drug-likeness (QED) is 0.367. The molecule has 0 amide bonds. The largest absolute Gasteiger partial charge is 1.00 e. The van der Waals surface area contributed by atoms with E-state index in [1.54, 1.807) is 0 Å². The van der Waals surface area contributed by atoms with Crippen molar-refractivity contribution in [2.45, 2.75) is 6.92 Å². The van der Waals surface area contributed by atoms with E-state index in [1.807, 2.05) is 31.1 Å². The van der Waals surface area contributed by atoms with Crippen LogP contribution in [0.2, 0.25) is 0 Å². The molecule has 0 fully saturated rings. The second-order valence-corrected chi connectivity index (χ2v) is 1.75. The lowest BCUT2D eigenvalue weighted by molar-refractivity contribution is -0.670. The third-order valence-electron chi connectivity index (χ3n) is 0.893. The predicted octanol–water partition coefficient (Wildman–Crippen LogP) is -2.85. The lowest BCUT2D eigenvalue weighted by atomic mass is 10.6. The van der Waals surface area contributed by atoms with Gasteiger partial charge in [-0.2, -0.15) is 0 Å². The van der Waals surface area contributed by atoms with Gasteiger partial charge in [0.2, 0.25) is 6.33 Å². The van der Waals surface area contributed by atoms with Gasteiger partial charge in [0.1, 0.15) is 11.9 Å². The van der Waals surface area contributed by atoms with E-state index >= 15 is 0 Å². The lowest BCUT2D eigenvalue weighted by Gasteiger charge is -1.68. The van der Waals surface area contributed by atoms with Crippen molar-refractivity contribution < 1.29 is 17.0 Å². The zero-order chi connectivity index (χ0) is 5.28. The number of aromatic nitrogens is 2. The zero-order valence-corrected chi connectivity index (χ0v) is 5.74. The van der Waals surface area contributed by atoms with Crippen LogP contribution in [0.3, 0.4) is 0 Å². The van der Waals surface area contributed by atoms with E-state index in [9.17, 15) is 0 Å². The monoisotopic (exact) mass is 132 g/mol. The van der Waals surface area contributed by atoms with Gasteiger partial charge in [0.25, 0.3) is 0 Å². The van der Waals surface area contributed by atoms with Crippen LogP contribution < -0.4 is 17.0 Å². The Morgan fingerprint density at radius 3 is 2.38 bits per heavy atom. The highest BCUT2D eigenvalue weighted by Crippen LogP contribution is 1.78. The average Bonchev–Trinajstić information content (AvgIpc) is 1.87. The minimum Gasteiger partial charge on any atom is -1.00 e. The number of hydrogen-bond donors (Lipinski definition) is 1. The summed E-state index contributed by atoms with van der Waals surface area (Å²) in [4.78, 5) is 3.03. The Bertz CT molecular complexity index is 143. The second kappa shape index (κ2) is 2.72. The van der Waals surface area contributed by atoms with Crippen LogP contribution in [0.15, 0.2) is 12.5 Å². The molecule has 1 rings (SSSR count). The Hall–Kier alpha value is -0.500. The topological polar surface area (TPSA) is 19.7 Å². The molecule has 3 heteroatoms. The van der Waals surface area contributed by atoms with Crippen LogP contribution in [0, 0.1) is 6.92 Å². The fraction of sp³-hybridized carbons (Fsp3) is 0.400. The van der Waals surface area contributed by atoms with Crippen molar-refractivity contribution >= 4 is 0 Å². The SMILES string of the molecule is Cc1c[n+](C)c[nH]1.[Cl-]. The fourth-order valence-electron chi connectivity index (χ4n) is 0.584. The zero-order valence-electron chi connectivity index (χ0n) is 4.98. The van der Waals surface area contributed by atoms with Gasteiger partial charge in [-0.25, -0.2) is 9.55 Å². The van der Waals surface area contributed by atoms with Gasteiger partial charge in [0.05, 0.1) is 7.05 Å². The summed E-state index contributed by atoms with van der Waals surface area (Å²) in [5.41, 5.74) is 1.20. The van der Waals surface area contributed by atoms with E-state index < -0.39 is 0 Å². The summed E-state index contributed by atoms with van der Waals surface area (Å²) in [7, 11) is 1.99. The molecular formula is C5H9ClN2. The summed E-state index contributed by atoms with van der Waals surface area (Å²) in [5, 5.41) is 0. The van der Waals surface area contributed by atoms with Crippen LogP contribution in [-0.2, 0) is 7.05 Å². The van der Waals surface area contributed by atoms with Crippen molar-refractivity contribution in [2.24, 2.45) is 7.05 Å². The molecule has 0 unspecified atom stereocenters. The summed E-state index contributed by atoms with van der Waals surface area (Å²) in [6.07, 6.45) is 3.94. The molecule has 1 aromatic heterocycles. The van der Waals surface area contributed by atoms with Crippen LogP contribution in [0.25, 0.3) is 0 Å². The Morgan fingerprint density at radius 1 is 1.62 bits per heavy atom. The van der Waals surface area contributed by atoms with Gasteiger partial charge in [-0.1, -0.05) is 0 Å². The smallest absolute Gasteiger partial charge is 0.241 e. The summed E-state index contributed by atoms with van der Waals surface area (Å²) in [6.45, 7) is 2.03. The molecule has 1 aromatic rings. The molecule has 1 heterocycles. The Kier molecular flexibility index (Phi) is 2.55. The summed E-state index contributed by atoms with van der Waals surface area (Å²) in [6, 6.07) is 0. The van der Waals surface area contributed by atoms with Gasteiger partial charge in [0.15, 0.2) is 0 Å². The lowest BCUT2D eigenvalue weighted by Crippen LogP contribution is -3.00. The van der Waals surface area contributed by atoms with Crippen LogP contribution in [-0.4, -0.2) is 4.98 Å². The highest BCUT2D eigenvalue weighted by atomic mass is 35.5. The molecule has 0 spiro atoms. The van der Waals surface area contributed by atoms with E-state index in [0.717, 1.165) is 0 Å². The fourth-order valence-corrected chi connectivity index (χ4v) is 0.584. The number of nitrogens with zero attached hydrogens (tertiary/aromatic N) is 1. The van der Waals surface area contributed by atoms with Gasteiger partial charge in [-0.15, -0.1) is 0 Å². The van der Waals surface area contributed by atoms with E-state index in [4.69, 9.17) is 0 Å². The van der Waals surface area contributed by atoms with E-state index in [2.05, 4.69) is 4.98 Å². The predicted molar refractivity (Wildman–Crippen MR) is 26.7 cm³/mol. The van der Waals surface area contributed by atoms with E-state index in [0.29, 0.717) is 0 Å². The first-order valence-electron chi connectivity index (χ1n) is 2.29. The highest BCUT2D eigenvalue weighted by molar-refractivity contribution is 4.82. The van der Waals surface area contributed by atoms with E-state index in [1.165, 1.54) is 5.69 Å². The second-order valence-electron chi connectivity index (χ2n) is 1.75. The number of aromatic amines is 1. The summed E-state index contributed by atoms with van der Waals surface area (Å²) in [5.74, 6) is 0. The molecule has 0 atom stereocenters. The van der Waals surface area contributed by atoms with Crippen molar-refractivity contribution in [3.8, 4) is 0 Å². The Balaban J connectivity index is 0.000000490. The van der Waals surface area contributed by atoms with Crippen LogP contribution in [0.4, 0.5) is 0 Å². The first kappa shape index (κ1) is 7.50. The van der Waals surface area contributed by atoms with Gasteiger partial charge in [0, 0.05) is 6.92 Å². The third-order valence-corrected chi connectivity index (χ3v) is 0.893. The molecule has 0 radical (unpaired) electrons. The molecule has 0 bridgehead atoms. The van der Waals surface area contributed by atoms with Crippen LogP contribution in [0.5, 0.6) is 0 Å². The number of aryl methyl sites for hydroxylation is 2. The number of hydrogen-bond acceptors (Lipinski definition) is 0. The third kappa shape index (κ3) is 1.54. The molecule has 0 aliphatic carbocycles. The molecule has 0 saturated carbocycles. The first-order chi connectivity index (χ1) is 3.29. The molecule has 0 aliphatic heterocycles. The van der Waals surface area contributed by atoms with E-state index in [-0.39, 0.29) is 12.4 Å². The van der Waals surface area contributed by atoms with Crippen molar-refractivity contribution in [3.05, 3.63) is 18.2 Å². The molecular weight excluding hydrogens is 124 g/mol. The maximum atomic E-state index is 3.03. The highest BCUT2D eigenvalue weighted by Gasteiger charge is 1.89. The molecule has 8 heavy (non-hydrogen) atoms. The molecule has 1 N–H and O–H groups in total. The number of rotatable bonds is 0. The Morgan fingerprint density at radius 2 is 2.25 bits per heavy atom. The average molecular weight is 133 g/mol. The van der Waals surface area contributed by atoms with Crippen molar-refractivity contribution in [3.63, 3.8) is 0 Å². The van der Waals surface area contributed by atoms with Gasteiger partial charge in [-0.3, -0.25) is 0 Å². The number of imidazole rings is 1. The van der Waals surface area contributed by atoms with Crippen LogP contribution >= 0.6 is 0 Å². The standard InChI is InChI=1S/C5H8N2.ClH/c1-5-3-7(2)4-6-5;/h3-4H,1-2H3;1H. The maximum Gasteiger partial charge on any atom is 0.241 e. The van der Waals surface area contributed by atoms with Crippen molar-refractivity contribution in [1.29, 1.82) is 0 Å². The van der Waals surface area contributed by atoms with Crippen molar-refractivity contribution in [2.75, 3.05) is 0 Å². The normalized spacial score (nSPS) is 8.25. The molecule has 0 aromatic carbocycles. The minimum absolute atomic E-state index is 0. The molecule has 2 nitrogen and oxygen atoms in total.